The molecule has 1 heterocycles. The highest BCUT2D eigenvalue weighted by molar-refractivity contribution is 7.98. The van der Waals surface area contributed by atoms with Gasteiger partial charge in [-0.3, -0.25) is 4.79 Å². The lowest BCUT2D eigenvalue weighted by molar-refractivity contribution is -0.139. The highest BCUT2D eigenvalue weighted by atomic mass is 32.2. The normalized spacial score (nSPS) is 12.1. The second-order valence-corrected chi connectivity index (χ2v) is 4.47. The topological polar surface area (TPSA) is 92.4 Å². The number of aromatic nitrogens is 1. The molecule has 0 spiro atoms. The quantitative estimate of drug-likeness (QED) is 0.788. The number of carboxylic acids is 1. The summed E-state index contributed by atoms with van der Waals surface area (Å²) in [4.78, 5) is 22.6. The molecular formula is C10H14N2O4S. The summed E-state index contributed by atoms with van der Waals surface area (Å²) in [5, 5.41) is 14.8. The molecule has 7 heteroatoms. The monoisotopic (exact) mass is 258 g/mol. The van der Waals surface area contributed by atoms with Crippen LogP contribution in [-0.4, -0.2) is 40.2 Å². The maximum Gasteiger partial charge on any atom is 0.326 e. The molecule has 0 fully saturated rings. The molecule has 1 amide bonds. The molecule has 0 bridgehead atoms. The van der Waals surface area contributed by atoms with E-state index in [0.29, 0.717) is 17.7 Å². The van der Waals surface area contributed by atoms with E-state index in [1.807, 2.05) is 6.26 Å². The summed E-state index contributed by atoms with van der Waals surface area (Å²) < 4.78 is 4.75. The molecule has 0 aliphatic heterocycles. The molecule has 17 heavy (non-hydrogen) atoms. The van der Waals surface area contributed by atoms with Crippen molar-refractivity contribution in [2.45, 2.75) is 19.4 Å². The zero-order valence-corrected chi connectivity index (χ0v) is 10.4. The molecule has 0 saturated heterocycles. The van der Waals surface area contributed by atoms with E-state index >= 15 is 0 Å². The first kappa shape index (κ1) is 13.6. The number of thioether (sulfide) groups is 1. The van der Waals surface area contributed by atoms with Crippen LogP contribution in [0.2, 0.25) is 0 Å². The summed E-state index contributed by atoms with van der Waals surface area (Å²) in [5.41, 5.74) is 0.580. The molecule has 1 aromatic heterocycles. The van der Waals surface area contributed by atoms with E-state index in [2.05, 4.69) is 10.5 Å². The fourth-order valence-corrected chi connectivity index (χ4v) is 1.70. The van der Waals surface area contributed by atoms with Gasteiger partial charge < -0.3 is 14.9 Å². The lowest BCUT2D eigenvalue weighted by Gasteiger charge is -2.12. The van der Waals surface area contributed by atoms with Crippen molar-refractivity contribution in [3.8, 4) is 0 Å². The number of nitrogens with one attached hydrogen (secondary N) is 1. The first-order chi connectivity index (χ1) is 8.06. The minimum absolute atomic E-state index is 0.0559. The standard InChI is InChI=1S/C10H14N2O4S/c1-6-5-11-16-8(6)9(13)12-7(10(14)15)3-4-17-2/h5,7H,3-4H2,1-2H3,(H,12,13)(H,14,15)/t7-/m1/s1. The molecule has 6 nitrogen and oxygen atoms in total. The Balaban J connectivity index is 2.64. The minimum atomic E-state index is -1.05. The Labute approximate surface area is 103 Å². The Hall–Kier alpha value is -1.50. The van der Waals surface area contributed by atoms with E-state index in [4.69, 9.17) is 9.63 Å². The maximum atomic E-state index is 11.7. The zero-order valence-electron chi connectivity index (χ0n) is 9.60. The van der Waals surface area contributed by atoms with E-state index in [0.717, 1.165) is 0 Å². The molecule has 94 valence electrons. The van der Waals surface area contributed by atoms with Gasteiger partial charge >= 0.3 is 5.97 Å². The summed E-state index contributed by atoms with van der Waals surface area (Å²) in [5.74, 6) is -0.884. The molecule has 0 radical (unpaired) electrons. The number of aliphatic carboxylic acids is 1. The number of hydrogen-bond acceptors (Lipinski definition) is 5. The van der Waals surface area contributed by atoms with Gasteiger partial charge in [0, 0.05) is 5.56 Å². The molecule has 0 unspecified atom stereocenters. The van der Waals surface area contributed by atoms with E-state index in [1.54, 1.807) is 6.92 Å². The van der Waals surface area contributed by atoms with Crippen molar-refractivity contribution in [2.75, 3.05) is 12.0 Å². The highest BCUT2D eigenvalue weighted by Gasteiger charge is 2.23. The van der Waals surface area contributed by atoms with Crippen LogP contribution in [-0.2, 0) is 4.79 Å². The number of hydrogen-bond donors (Lipinski definition) is 2. The molecule has 1 aromatic rings. The van der Waals surface area contributed by atoms with E-state index in [-0.39, 0.29) is 5.76 Å². The smallest absolute Gasteiger partial charge is 0.326 e. The fraction of sp³-hybridized carbons (Fsp3) is 0.500. The number of nitrogens with zero attached hydrogens (tertiary/aromatic N) is 1. The molecule has 1 atom stereocenters. The number of rotatable bonds is 6. The summed E-state index contributed by atoms with van der Waals surface area (Å²) >= 11 is 1.52. The van der Waals surface area contributed by atoms with Gasteiger partial charge in [-0.1, -0.05) is 5.16 Å². The van der Waals surface area contributed by atoms with Crippen molar-refractivity contribution >= 4 is 23.6 Å². The van der Waals surface area contributed by atoms with Crippen LogP contribution in [0.3, 0.4) is 0 Å². The number of aryl methyl sites for hydroxylation is 1. The van der Waals surface area contributed by atoms with Crippen molar-refractivity contribution < 1.29 is 19.2 Å². The van der Waals surface area contributed by atoms with Gasteiger partial charge in [0.1, 0.15) is 6.04 Å². The van der Waals surface area contributed by atoms with Crippen LogP contribution in [0.25, 0.3) is 0 Å². The third-order valence-corrected chi connectivity index (χ3v) is 2.81. The molecule has 1 rings (SSSR count). The van der Waals surface area contributed by atoms with Gasteiger partial charge in [-0.05, 0) is 25.4 Å². The number of amides is 1. The number of carboxylic acid groups (broad SMARTS) is 1. The maximum absolute atomic E-state index is 11.7. The largest absolute Gasteiger partial charge is 0.480 e. The van der Waals surface area contributed by atoms with Gasteiger partial charge in [0.05, 0.1) is 6.20 Å². The third-order valence-electron chi connectivity index (χ3n) is 2.17. The second kappa shape index (κ2) is 6.29. The van der Waals surface area contributed by atoms with E-state index < -0.39 is 17.9 Å². The first-order valence-electron chi connectivity index (χ1n) is 5.00. The van der Waals surface area contributed by atoms with Crippen LogP contribution in [0.4, 0.5) is 0 Å². The van der Waals surface area contributed by atoms with E-state index in [9.17, 15) is 9.59 Å². The molecule has 2 N–H and O–H groups in total. The van der Waals surface area contributed by atoms with Gasteiger partial charge in [0.25, 0.3) is 5.91 Å². The highest BCUT2D eigenvalue weighted by Crippen LogP contribution is 2.07. The SMILES string of the molecule is CSCC[C@@H](NC(=O)c1oncc1C)C(=O)O. The van der Waals surface area contributed by atoms with Crippen molar-refractivity contribution in [3.63, 3.8) is 0 Å². The van der Waals surface area contributed by atoms with Crippen LogP contribution in [0, 0.1) is 6.92 Å². The van der Waals surface area contributed by atoms with Crippen LogP contribution in [0.1, 0.15) is 22.5 Å². The predicted molar refractivity (Wildman–Crippen MR) is 63.1 cm³/mol. The van der Waals surface area contributed by atoms with Gasteiger partial charge in [0.15, 0.2) is 0 Å². The zero-order chi connectivity index (χ0) is 12.8. The summed E-state index contributed by atoms with van der Waals surface area (Å²) in [6.07, 6.45) is 3.66. The summed E-state index contributed by atoms with van der Waals surface area (Å²) in [6, 6.07) is -0.903. The van der Waals surface area contributed by atoms with E-state index in [1.165, 1.54) is 18.0 Å². The minimum Gasteiger partial charge on any atom is -0.480 e. The molecular weight excluding hydrogens is 244 g/mol. The van der Waals surface area contributed by atoms with Crippen molar-refractivity contribution in [1.29, 1.82) is 0 Å². The summed E-state index contributed by atoms with van der Waals surface area (Å²) in [6.45, 7) is 1.67. The van der Waals surface area contributed by atoms with Gasteiger partial charge in [-0.25, -0.2) is 4.79 Å². The van der Waals surface area contributed by atoms with Gasteiger partial charge in [-0.2, -0.15) is 11.8 Å². The van der Waals surface area contributed by atoms with Crippen molar-refractivity contribution in [1.82, 2.24) is 10.5 Å². The third kappa shape index (κ3) is 3.77. The average Bonchev–Trinajstić information content (AvgIpc) is 2.70. The summed E-state index contributed by atoms with van der Waals surface area (Å²) in [7, 11) is 0. The second-order valence-electron chi connectivity index (χ2n) is 3.48. The Bertz CT molecular complexity index is 405. The van der Waals surface area contributed by atoms with Gasteiger partial charge in [0.2, 0.25) is 5.76 Å². The molecule has 0 aliphatic rings. The Morgan fingerprint density at radius 1 is 1.65 bits per heavy atom. The lowest BCUT2D eigenvalue weighted by Crippen LogP contribution is -2.41. The molecule has 0 aromatic carbocycles. The van der Waals surface area contributed by atoms with Crippen LogP contribution in [0.5, 0.6) is 0 Å². The Kier molecular flexibility index (Phi) is 5.02. The first-order valence-corrected chi connectivity index (χ1v) is 6.39. The van der Waals surface area contributed by atoms with Crippen molar-refractivity contribution in [2.24, 2.45) is 0 Å². The van der Waals surface area contributed by atoms with Crippen LogP contribution in [0.15, 0.2) is 10.7 Å². The predicted octanol–water partition coefficient (Wildman–Crippen LogP) is 0.919. The number of carbonyl (C=O) groups is 2. The van der Waals surface area contributed by atoms with Crippen molar-refractivity contribution in [3.05, 3.63) is 17.5 Å². The average molecular weight is 258 g/mol. The lowest BCUT2D eigenvalue weighted by atomic mass is 10.2. The van der Waals surface area contributed by atoms with Crippen LogP contribution < -0.4 is 5.32 Å². The van der Waals surface area contributed by atoms with Crippen LogP contribution >= 0.6 is 11.8 Å². The Morgan fingerprint density at radius 3 is 2.82 bits per heavy atom. The molecule has 0 saturated carbocycles. The van der Waals surface area contributed by atoms with Gasteiger partial charge in [-0.15, -0.1) is 0 Å². The number of carbonyl (C=O) groups excluding carboxylic acids is 1. The fourth-order valence-electron chi connectivity index (χ4n) is 1.23. The Morgan fingerprint density at radius 2 is 2.35 bits per heavy atom. The molecule has 0 aliphatic carbocycles.